The van der Waals surface area contributed by atoms with Crippen molar-refractivity contribution >= 4 is 11.9 Å². The Hall–Kier alpha value is -2.66. The van der Waals surface area contributed by atoms with Crippen molar-refractivity contribution in [3.8, 4) is 11.5 Å². The van der Waals surface area contributed by atoms with Crippen molar-refractivity contribution in [1.82, 2.24) is 5.32 Å². The van der Waals surface area contributed by atoms with Crippen LogP contribution in [0.4, 0.5) is 0 Å². The fourth-order valence-electron chi connectivity index (χ4n) is 1.65. The quantitative estimate of drug-likeness (QED) is 0.675. The SMILES string of the molecule is CNCC(=O)OC(=O)c1cccc(Oc2ccccc2)c1. The van der Waals surface area contributed by atoms with Crippen LogP contribution in [-0.2, 0) is 9.53 Å². The third kappa shape index (κ3) is 4.43. The predicted molar refractivity (Wildman–Crippen MR) is 77.3 cm³/mol. The summed E-state index contributed by atoms with van der Waals surface area (Å²) in [5, 5.41) is 2.62. The van der Waals surface area contributed by atoms with Crippen LogP contribution in [0.1, 0.15) is 10.4 Å². The molecule has 0 fully saturated rings. The molecule has 1 N–H and O–H groups in total. The molecule has 0 aliphatic carbocycles. The lowest BCUT2D eigenvalue weighted by Gasteiger charge is -2.07. The Labute approximate surface area is 122 Å². The van der Waals surface area contributed by atoms with Gasteiger partial charge in [0.05, 0.1) is 12.1 Å². The van der Waals surface area contributed by atoms with Crippen molar-refractivity contribution in [3.63, 3.8) is 0 Å². The van der Waals surface area contributed by atoms with Crippen LogP contribution in [0.5, 0.6) is 11.5 Å². The molecule has 108 valence electrons. The summed E-state index contributed by atoms with van der Waals surface area (Å²) in [5.41, 5.74) is 0.257. The minimum atomic E-state index is -0.700. The largest absolute Gasteiger partial charge is 0.457 e. The number of benzene rings is 2. The Balaban J connectivity index is 2.07. The second-order valence-electron chi connectivity index (χ2n) is 4.23. The molecule has 0 atom stereocenters. The number of nitrogens with one attached hydrogen (secondary N) is 1. The molecule has 0 bridgehead atoms. The zero-order valence-electron chi connectivity index (χ0n) is 11.5. The minimum absolute atomic E-state index is 0.0219. The zero-order valence-corrected chi connectivity index (χ0v) is 11.5. The number of ether oxygens (including phenoxy) is 2. The van der Waals surface area contributed by atoms with E-state index < -0.39 is 11.9 Å². The summed E-state index contributed by atoms with van der Waals surface area (Å²) in [6, 6.07) is 15.7. The second-order valence-corrected chi connectivity index (χ2v) is 4.23. The van der Waals surface area contributed by atoms with Crippen LogP contribution in [-0.4, -0.2) is 25.5 Å². The Bertz CT molecular complexity index is 625. The van der Waals surface area contributed by atoms with Gasteiger partial charge in [0, 0.05) is 0 Å². The van der Waals surface area contributed by atoms with E-state index in [1.54, 1.807) is 37.4 Å². The topological polar surface area (TPSA) is 64.6 Å². The van der Waals surface area contributed by atoms with Gasteiger partial charge < -0.3 is 14.8 Å². The first-order valence-electron chi connectivity index (χ1n) is 6.41. The highest BCUT2D eigenvalue weighted by Crippen LogP contribution is 2.22. The van der Waals surface area contributed by atoms with Gasteiger partial charge in [-0.05, 0) is 37.4 Å². The Morgan fingerprint density at radius 2 is 1.71 bits per heavy atom. The van der Waals surface area contributed by atoms with E-state index in [-0.39, 0.29) is 12.1 Å². The highest BCUT2D eigenvalue weighted by Gasteiger charge is 2.13. The molecule has 0 spiro atoms. The molecule has 2 rings (SSSR count). The van der Waals surface area contributed by atoms with E-state index in [1.807, 2.05) is 18.2 Å². The normalized spacial score (nSPS) is 9.95. The van der Waals surface area contributed by atoms with Crippen LogP contribution in [0, 0.1) is 0 Å². The summed E-state index contributed by atoms with van der Waals surface area (Å²) in [4.78, 5) is 23.1. The highest BCUT2D eigenvalue weighted by atomic mass is 16.6. The Kier molecular flexibility index (Phi) is 5.06. The number of hydrogen-bond donors (Lipinski definition) is 1. The van der Waals surface area contributed by atoms with E-state index in [4.69, 9.17) is 4.74 Å². The zero-order chi connectivity index (χ0) is 15.1. The van der Waals surface area contributed by atoms with Crippen molar-refractivity contribution < 1.29 is 19.1 Å². The van der Waals surface area contributed by atoms with Crippen molar-refractivity contribution in [1.29, 1.82) is 0 Å². The number of hydrogen-bond acceptors (Lipinski definition) is 5. The number of para-hydroxylation sites is 1. The van der Waals surface area contributed by atoms with Crippen molar-refractivity contribution in [2.75, 3.05) is 13.6 Å². The summed E-state index contributed by atoms with van der Waals surface area (Å²) in [7, 11) is 1.60. The number of esters is 2. The molecule has 0 aromatic heterocycles. The molecule has 0 radical (unpaired) electrons. The second kappa shape index (κ2) is 7.21. The van der Waals surface area contributed by atoms with Gasteiger partial charge in [-0.1, -0.05) is 24.3 Å². The average molecular weight is 285 g/mol. The maximum atomic E-state index is 11.8. The maximum Gasteiger partial charge on any atom is 0.345 e. The molecule has 21 heavy (non-hydrogen) atoms. The molecule has 0 saturated carbocycles. The fourth-order valence-corrected chi connectivity index (χ4v) is 1.65. The van der Waals surface area contributed by atoms with Crippen LogP contribution in [0.3, 0.4) is 0 Å². The summed E-state index contributed by atoms with van der Waals surface area (Å²) in [5.74, 6) is -0.170. The van der Waals surface area contributed by atoms with Crippen LogP contribution < -0.4 is 10.1 Å². The minimum Gasteiger partial charge on any atom is -0.457 e. The van der Waals surface area contributed by atoms with Gasteiger partial charge in [0.15, 0.2) is 0 Å². The van der Waals surface area contributed by atoms with E-state index in [2.05, 4.69) is 10.1 Å². The first-order valence-corrected chi connectivity index (χ1v) is 6.41. The van der Waals surface area contributed by atoms with Gasteiger partial charge in [-0.25, -0.2) is 4.79 Å². The smallest absolute Gasteiger partial charge is 0.345 e. The van der Waals surface area contributed by atoms with Crippen LogP contribution >= 0.6 is 0 Å². The molecular formula is C16H15NO4. The van der Waals surface area contributed by atoms with E-state index in [1.165, 1.54) is 6.07 Å². The van der Waals surface area contributed by atoms with Crippen molar-refractivity contribution in [3.05, 3.63) is 60.2 Å². The maximum absolute atomic E-state index is 11.8. The lowest BCUT2D eigenvalue weighted by atomic mass is 10.2. The molecule has 2 aromatic rings. The summed E-state index contributed by atoms with van der Waals surface area (Å²) >= 11 is 0. The molecule has 5 heteroatoms. The molecular weight excluding hydrogens is 270 g/mol. The van der Waals surface area contributed by atoms with E-state index in [9.17, 15) is 9.59 Å². The van der Waals surface area contributed by atoms with Crippen LogP contribution in [0.2, 0.25) is 0 Å². The number of carbonyl (C=O) groups is 2. The lowest BCUT2D eigenvalue weighted by molar-refractivity contribution is -0.136. The summed E-state index contributed by atoms with van der Waals surface area (Å²) in [6.07, 6.45) is 0. The van der Waals surface area contributed by atoms with E-state index >= 15 is 0 Å². The Morgan fingerprint density at radius 3 is 2.43 bits per heavy atom. The molecule has 0 unspecified atom stereocenters. The number of rotatable bonds is 5. The van der Waals surface area contributed by atoms with Crippen LogP contribution in [0.25, 0.3) is 0 Å². The van der Waals surface area contributed by atoms with Gasteiger partial charge in [-0.2, -0.15) is 0 Å². The van der Waals surface area contributed by atoms with Gasteiger partial charge in [-0.15, -0.1) is 0 Å². The van der Waals surface area contributed by atoms with Crippen LogP contribution in [0.15, 0.2) is 54.6 Å². The Morgan fingerprint density at radius 1 is 1.00 bits per heavy atom. The van der Waals surface area contributed by atoms with Gasteiger partial charge in [-0.3, -0.25) is 4.79 Å². The third-order valence-corrected chi connectivity index (χ3v) is 2.58. The summed E-state index contributed by atoms with van der Waals surface area (Å²) in [6.45, 7) is -0.0219. The fraction of sp³-hybridized carbons (Fsp3) is 0.125. The first-order chi connectivity index (χ1) is 10.2. The van der Waals surface area contributed by atoms with E-state index in [0.717, 1.165) is 0 Å². The molecule has 0 saturated heterocycles. The lowest BCUT2D eigenvalue weighted by Crippen LogP contribution is -2.23. The van der Waals surface area contributed by atoms with Gasteiger partial charge in [0.2, 0.25) is 0 Å². The highest BCUT2D eigenvalue weighted by molar-refractivity contribution is 5.97. The standard InChI is InChI=1S/C16H15NO4/c1-17-11-15(18)21-16(19)12-6-5-9-14(10-12)20-13-7-3-2-4-8-13/h2-10,17H,11H2,1H3. The molecule has 2 aromatic carbocycles. The van der Waals surface area contributed by atoms with E-state index in [0.29, 0.717) is 11.5 Å². The molecule has 0 amide bonds. The molecule has 5 nitrogen and oxygen atoms in total. The van der Waals surface area contributed by atoms with Crippen molar-refractivity contribution in [2.24, 2.45) is 0 Å². The van der Waals surface area contributed by atoms with Gasteiger partial charge >= 0.3 is 11.9 Å². The number of likely N-dealkylation sites (N-methyl/N-ethyl adjacent to an activating group) is 1. The average Bonchev–Trinajstić information content (AvgIpc) is 2.49. The number of carbonyl (C=O) groups excluding carboxylic acids is 2. The molecule has 0 aliphatic rings. The van der Waals surface area contributed by atoms with Gasteiger partial charge in [0.25, 0.3) is 0 Å². The summed E-state index contributed by atoms with van der Waals surface area (Å²) < 4.78 is 10.3. The van der Waals surface area contributed by atoms with Crippen molar-refractivity contribution in [2.45, 2.75) is 0 Å². The monoisotopic (exact) mass is 285 g/mol. The van der Waals surface area contributed by atoms with Gasteiger partial charge in [0.1, 0.15) is 11.5 Å². The third-order valence-electron chi connectivity index (χ3n) is 2.58. The first kappa shape index (κ1) is 14.7. The molecule has 0 aliphatic heterocycles. The predicted octanol–water partition coefficient (Wildman–Crippen LogP) is 2.38. The molecule has 0 heterocycles.